The Balaban J connectivity index is 1.39. The van der Waals surface area contributed by atoms with Gasteiger partial charge in [-0.25, -0.2) is 8.78 Å². The Morgan fingerprint density at radius 1 is 1.12 bits per heavy atom. The number of anilines is 1. The molecule has 204 valence electrons. The number of fused-ring (bicyclic) bond motifs is 1. The Hall–Kier alpha value is -4.10. The summed E-state index contributed by atoms with van der Waals surface area (Å²) in [7, 11) is 0. The third-order valence-electron chi connectivity index (χ3n) is 7.00. The van der Waals surface area contributed by atoms with Crippen LogP contribution in [0.5, 0.6) is 0 Å². The van der Waals surface area contributed by atoms with E-state index in [9.17, 15) is 18.7 Å². The van der Waals surface area contributed by atoms with Crippen LogP contribution in [0.1, 0.15) is 16.7 Å². The van der Waals surface area contributed by atoms with Crippen LogP contribution in [0, 0.1) is 23.0 Å². The summed E-state index contributed by atoms with van der Waals surface area (Å²) in [6.45, 7) is 1.75. The van der Waals surface area contributed by atoms with Crippen LogP contribution in [0.15, 0.2) is 60.8 Å². The lowest BCUT2D eigenvalue weighted by Crippen LogP contribution is -2.38. The van der Waals surface area contributed by atoms with Crippen LogP contribution in [0.2, 0.25) is 5.02 Å². The van der Waals surface area contributed by atoms with Crippen molar-refractivity contribution >= 4 is 34.2 Å². The zero-order valence-electron chi connectivity index (χ0n) is 21.3. The Morgan fingerprint density at radius 3 is 2.52 bits per heavy atom. The van der Waals surface area contributed by atoms with Crippen LogP contribution in [-0.4, -0.2) is 48.4 Å². The number of nitrogens with one attached hydrogen (secondary N) is 1. The predicted octanol–water partition coefficient (Wildman–Crippen LogP) is 5.33. The van der Waals surface area contributed by atoms with Gasteiger partial charge in [0.15, 0.2) is 0 Å². The summed E-state index contributed by atoms with van der Waals surface area (Å²) in [5.41, 5.74) is 3.38. The molecule has 7 nitrogen and oxygen atoms in total. The zero-order chi connectivity index (χ0) is 28.2. The standard InChI is InChI=1S/C30H25ClF2N4O3/c31-25-12-18(16-34)3-5-22(25)23-6-4-19(21-2-1-7-35-29(21)23)13-28(30(38)39)36-17-24-26(32)14-20(15-27(24)33)37-8-10-40-11-9-37/h1-7,12,14-15,28,36H,8-11,13,17H2,(H,38,39)/t28-/m0/s1. The lowest BCUT2D eigenvalue weighted by Gasteiger charge is -2.29. The molecule has 1 saturated heterocycles. The highest BCUT2D eigenvalue weighted by Gasteiger charge is 2.23. The van der Waals surface area contributed by atoms with Crippen LogP contribution in [0.4, 0.5) is 14.5 Å². The summed E-state index contributed by atoms with van der Waals surface area (Å²) in [6, 6.07) is 15.7. The number of nitrogens with zero attached hydrogens (tertiary/aromatic N) is 3. The number of hydrogen-bond acceptors (Lipinski definition) is 6. The van der Waals surface area contributed by atoms with E-state index in [2.05, 4.69) is 16.4 Å². The summed E-state index contributed by atoms with van der Waals surface area (Å²) in [4.78, 5) is 18.5. The third kappa shape index (κ3) is 5.75. The second kappa shape index (κ2) is 12.0. The number of aromatic nitrogens is 1. The molecule has 2 N–H and O–H groups in total. The minimum atomic E-state index is -1.15. The molecule has 1 aromatic heterocycles. The normalized spacial score (nSPS) is 14.2. The average Bonchev–Trinajstić information content (AvgIpc) is 2.96. The van der Waals surface area contributed by atoms with Crippen LogP contribution >= 0.6 is 11.6 Å². The lowest BCUT2D eigenvalue weighted by atomic mass is 9.94. The summed E-state index contributed by atoms with van der Waals surface area (Å²) in [6.07, 6.45) is 1.68. The van der Waals surface area contributed by atoms with E-state index in [1.807, 2.05) is 11.0 Å². The van der Waals surface area contributed by atoms with E-state index in [4.69, 9.17) is 21.6 Å². The van der Waals surface area contributed by atoms with E-state index in [-0.39, 0.29) is 18.5 Å². The van der Waals surface area contributed by atoms with Gasteiger partial charge in [-0.15, -0.1) is 0 Å². The molecule has 5 rings (SSSR count). The maximum Gasteiger partial charge on any atom is 0.321 e. The molecule has 1 aliphatic heterocycles. The van der Waals surface area contributed by atoms with Gasteiger partial charge >= 0.3 is 5.97 Å². The van der Waals surface area contributed by atoms with E-state index in [0.717, 1.165) is 10.9 Å². The molecule has 1 aliphatic rings. The fourth-order valence-corrected chi connectivity index (χ4v) is 5.17. The predicted molar refractivity (Wildman–Crippen MR) is 148 cm³/mol. The number of benzene rings is 3. The maximum absolute atomic E-state index is 14.9. The lowest BCUT2D eigenvalue weighted by molar-refractivity contribution is -0.139. The molecule has 0 radical (unpaired) electrons. The highest BCUT2D eigenvalue weighted by atomic mass is 35.5. The highest BCUT2D eigenvalue weighted by molar-refractivity contribution is 6.33. The van der Waals surface area contributed by atoms with Gasteiger partial charge < -0.3 is 14.7 Å². The van der Waals surface area contributed by atoms with E-state index in [1.165, 1.54) is 12.1 Å². The van der Waals surface area contributed by atoms with Gasteiger partial charge in [0.2, 0.25) is 0 Å². The molecule has 0 unspecified atom stereocenters. The molecule has 0 amide bonds. The largest absolute Gasteiger partial charge is 0.480 e. The van der Waals surface area contributed by atoms with E-state index < -0.39 is 23.6 Å². The van der Waals surface area contributed by atoms with Crippen molar-refractivity contribution in [3.05, 3.63) is 94.1 Å². The Morgan fingerprint density at radius 2 is 1.85 bits per heavy atom. The summed E-state index contributed by atoms with van der Waals surface area (Å²) < 4.78 is 35.1. The molecule has 0 spiro atoms. The van der Waals surface area contributed by atoms with Gasteiger partial charge in [0.25, 0.3) is 0 Å². The third-order valence-corrected chi connectivity index (χ3v) is 7.31. The van der Waals surface area contributed by atoms with Gasteiger partial charge in [0, 0.05) is 58.6 Å². The number of rotatable bonds is 8. The first-order chi connectivity index (χ1) is 19.4. The second-order valence-electron chi connectivity index (χ2n) is 9.44. The molecule has 40 heavy (non-hydrogen) atoms. The number of carboxylic acid groups (broad SMARTS) is 1. The smallest absolute Gasteiger partial charge is 0.321 e. The molecule has 1 fully saturated rings. The van der Waals surface area contributed by atoms with Crippen molar-refractivity contribution in [3.63, 3.8) is 0 Å². The van der Waals surface area contributed by atoms with Crippen molar-refractivity contribution in [2.24, 2.45) is 0 Å². The molecule has 0 bridgehead atoms. The number of carbonyl (C=O) groups is 1. The Bertz CT molecular complexity index is 1600. The van der Waals surface area contributed by atoms with E-state index in [1.54, 1.807) is 42.6 Å². The van der Waals surface area contributed by atoms with Gasteiger partial charge in [-0.05, 0) is 42.3 Å². The number of hydrogen-bond donors (Lipinski definition) is 2. The van der Waals surface area contributed by atoms with Crippen molar-refractivity contribution in [2.75, 3.05) is 31.2 Å². The molecule has 10 heteroatoms. The molecule has 2 heterocycles. The summed E-state index contributed by atoms with van der Waals surface area (Å²) >= 11 is 6.45. The second-order valence-corrected chi connectivity index (χ2v) is 9.85. The first-order valence-electron chi connectivity index (χ1n) is 12.7. The van der Waals surface area contributed by atoms with E-state index >= 15 is 0 Å². The van der Waals surface area contributed by atoms with Crippen LogP contribution in [-0.2, 0) is 22.5 Å². The van der Waals surface area contributed by atoms with Gasteiger partial charge in [-0.1, -0.05) is 35.9 Å². The first-order valence-corrected chi connectivity index (χ1v) is 13.1. The topological polar surface area (TPSA) is 98.5 Å². The molecule has 0 saturated carbocycles. The zero-order valence-corrected chi connectivity index (χ0v) is 22.1. The van der Waals surface area contributed by atoms with Crippen molar-refractivity contribution in [1.82, 2.24) is 10.3 Å². The molecule has 0 aliphatic carbocycles. The molecule has 3 aromatic carbocycles. The van der Waals surface area contributed by atoms with Crippen LogP contribution in [0.3, 0.4) is 0 Å². The minimum absolute atomic E-state index is 0.0496. The quantitative estimate of drug-likeness (QED) is 0.300. The number of pyridine rings is 1. The Labute approximate surface area is 234 Å². The fraction of sp³-hybridized carbons (Fsp3) is 0.233. The summed E-state index contributed by atoms with van der Waals surface area (Å²) in [5, 5.41) is 23.0. The molecule has 4 aromatic rings. The fourth-order valence-electron chi connectivity index (χ4n) is 4.88. The van der Waals surface area contributed by atoms with Gasteiger partial charge in [0.1, 0.15) is 17.7 Å². The monoisotopic (exact) mass is 562 g/mol. The molecule has 1 atom stereocenters. The maximum atomic E-state index is 14.9. The number of ether oxygens (including phenoxy) is 1. The van der Waals surface area contributed by atoms with Crippen molar-refractivity contribution in [1.29, 1.82) is 5.26 Å². The number of nitriles is 1. The van der Waals surface area contributed by atoms with Gasteiger partial charge in [-0.2, -0.15) is 5.26 Å². The van der Waals surface area contributed by atoms with Crippen LogP contribution < -0.4 is 10.2 Å². The van der Waals surface area contributed by atoms with Gasteiger partial charge in [0.05, 0.1) is 30.4 Å². The number of halogens is 3. The van der Waals surface area contributed by atoms with E-state index in [0.29, 0.717) is 59.2 Å². The van der Waals surface area contributed by atoms with Gasteiger partial charge in [-0.3, -0.25) is 15.1 Å². The first kappa shape index (κ1) is 27.5. The number of carboxylic acids is 1. The van der Waals surface area contributed by atoms with Crippen molar-refractivity contribution < 1.29 is 23.4 Å². The average molecular weight is 563 g/mol. The highest BCUT2D eigenvalue weighted by Crippen LogP contribution is 2.35. The molecular weight excluding hydrogens is 538 g/mol. The molecular formula is C30H25ClF2N4O3. The minimum Gasteiger partial charge on any atom is -0.480 e. The van der Waals surface area contributed by atoms with Crippen molar-refractivity contribution in [2.45, 2.75) is 19.0 Å². The Kier molecular flexibility index (Phi) is 8.21. The summed E-state index contributed by atoms with van der Waals surface area (Å²) in [5.74, 6) is -2.63. The number of aliphatic carboxylic acids is 1. The van der Waals surface area contributed by atoms with Crippen molar-refractivity contribution in [3.8, 4) is 17.2 Å². The van der Waals surface area contributed by atoms with Crippen LogP contribution in [0.25, 0.3) is 22.0 Å². The SMILES string of the molecule is N#Cc1ccc(-c2ccc(C[C@H](NCc3c(F)cc(N4CCOCC4)cc3F)C(=O)O)c3cccnc23)c(Cl)c1. The number of morpholine rings is 1.